The lowest BCUT2D eigenvalue weighted by molar-refractivity contribution is -0.133. The summed E-state index contributed by atoms with van der Waals surface area (Å²) in [4.78, 5) is 10.7. The molecule has 0 spiro atoms. The Hall–Kier alpha value is -2.15. The molecule has 0 aromatic heterocycles. The third kappa shape index (κ3) is 2.92. The normalized spacial score (nSPS) is 8.67. The summed E-state index contributed by atoms with van der Waals surface area (Å²) < 4.78 is 9.23. The van der Waals surface area contributed by atoms with Crippen LogP contribution >= 0.6 is 0 Å². The van der Waals surface area contributed by atoms with Crippen LogP contribution in [0.15, 0.2) is 18.2 Å². The number of methoxy groups -OCH3 is 2. The van der Waals surface area contributed by atoms with Crippen LogP contribution in [0.2, 0.25) is 0 Å². The number of hydrogen-bond donors (Lipinski definition) is 1. The van der Waals surface area contributed by atoms with E-state index in [4.69, 9.17) is 4.74 Å². The molecular formula is C11H10O4. The number of esters is 1. The third-order valence-corrected chi connectivity index (χ3v) is 1.69. The molecule has 1 rings (SSSR count). The SMILES string of the molecule is COC(=O)C#Cc1ccc(OC)cc1O. The molecule has 0 saturated heterocycles. The van der Waals surface area contributed by atoms with Crippen molar-refractivity contribution in [2.45, 2.75) is 0 Å². The van der Waals surface area contributed by atoms with Crippen molar-refractivity contribution in [1.82, 2.24) is 0 Å². The molecular weight excluding hydrogens is 196 g/mol. The van der Waals surface area contributed by atoms with Gasteiger partial charge in [-0.3, -0.25) is 0 Å². The zero-order chi connectivity index (χ0) is 11.3. The van der Waals surface area contributed by atoms with E-state index in [9.17, 15) is 9.90 Å². The molecule has 0 amide bonds. The van der Waals surface area contributed by atoms with E-state index < -0.39 is 5.97 Å². The first-order chi connectivity index (χ1) is 7.17. The van der Waals surface area contributed by atoms with Gasteiger partial charge in [-0.15, -0.1) is 0 Å². The Balaban J connectivity index is 2.95. The Labute approximate surface area is 87.4 Å². The lowest BCUT2D eigenvalue weighted by atomic mass is 10.2. The highest BCUT2D eigenvalue weighted by atomic mass is 16.5. The average Bonchev–Trinajstić information content (AvgIpc) is 2.26. The zero-order valence-electron chi connectivity index (χ0n) is 8.40. The van der Waals surface area contributed by atoms with Gasteiger partial charge in [0.2, 0.25) is 0 Å². The van der Waals surface area contributed by atoms with E-state index >= 15 is 0 Å². The van der Waals surface area contributed by atoms with Crippen molar-refractivity contribution in [3.05, 3.63) is 23.8 Å². The van der Waals surface area contributed by atoms with Crippen LogP contribution in [0.4, 0.5) is 0 Å². The summed E-state index contributed by atoms with van der Waals surface area (Å²) in [5.41, 5.74) is 0.348. The molecule has 0 atom stereocenters. The summed E-state index contributed by atoms with van der Waals surface area (Å²) in [5, 5.41) is 9.47. The molecule has 1 aromatic carbocycles. The molecule has 1 aromatic rings. The van der Waals surface area contributed by atoms with Crippen LogP contribution in [0, 0.1) is 11.8 Å². The molecule has 0 bridgehead atoms. The van der Waals surface area contributed by atoms with Crippen LogP contribution < -0.4 is 4.74 Å². The second kappa shape index (κ2) is 4.91. The molecule has 1 N–H and O–H groups in total. The summed E-state index contributed by atoms with van der Waals surface area (Å²) in [6.45, 7) is 0. The summed E-state index contributed by atoms with van der Waals surface area (Å²) >= 11 is 0. The van der Waals surface area contributed by atoms with Gasteiger partial charge >= 0.3 is 5.97 Å². The molecule has 4 nitrogen and oxygen atoms in total. The van der Waals surface area contributed by atoms with Crippen LogP contribution in [0.1, 0.15) is 5.56 Å². The number of ether oxygens (including phenoxy) is 2. The second-order valence-electron chi connectivity index (χ2n) is 2.62. The van der Waals surface area contributed by atoms with Gasteiger partial charge in [0.05, 0.1) is 19.8 Å². The van der Waals surface area contributed by atoms with Gasteiger partial charge in [-0.1, -0.05) is 5.92 Å². The highest BCUT2D eigenvalue weighted by molar-refractivity contribution is 5.89. The maximum atomic E-state index is 10.7. The lowest BCUT2D eigenvalue weighted by Gasteiger charge is -2.01. The number of carbonyl (C=O) groups excluding carboxylic acids is 1. The fourth-order valence-corrected chi connectivity index (χ4v) is 0.914. The van der Waals surface area contributed by atoms with Gasteiger partial charge in [0.25, 0.3) is 0 Å². The van der Waals surface area contributed by atoms with Gasteiger partial charge in [-0.05, 0) is 12.1 Å². The van der Waals surface area contributed by atoms with Crippen LogP contribution in [-0.2, 0) is 9.53 Å². The number of phenols is 1. The number of rotatable bonds is 1. The molecule has 0 fully saturated rings. The van der Waals surface area contributed by atoms with Crippen molar-refractivity contribution in [2.24, 2.45) is 0 Å². The molecule has 78 valence electrons. The highest BCUT2D eigenvalue weighted by Crippen LogP contribution is 2.22. The predicted molar refractivity (Wildman–Crippen MR) is 53.6 cm³/mol. The van der Waals surface area contributed by atoms with E-state index in [-0.39, 0.29) is 5.75 Å². The Morgan fingerprint density at radius 1 is 1.40 bits per heavy atom. The maximum absolute atomic E-state index is 10.7. The molecule has 0 radical (unpaired) electrons. The van der Waals surface area contributed by atoms with E-state index in [0.29, 0.717) is 11.3 Å². The smallest absolute Gasteiger partial charge is 0.384 e. The largest absolute Gasteiger partial charge is 0.507 e. The summed E-state index contributed by atoms with van der Waals surface area (Å²) in [6, 6.07) is 4.62. The molecule has 0 unspecified atom stereocenters. The van der Waals surface area contributed by atoms with Crippen molar-refractivity contribution in [2.75, 3.05) is 14.2 Å². The minimum absolute atomic E-state index is 0.0363. The van der Waals surface area contributed by atoms with Crippen molar-refractivity contribution in [1.29, 1.82) is 0 Å². The first-order valence-corrected chi connectivity index (χ1v) is 4.14. The molecule has 4 heteroatoms. The van der Waals surface area contributed by atoms with Gasteiger partial charge in [0, 0.05) is 12.0 Å². The zero-order valence-corrected chi connectivity index (χ0v) is 8.40. The van der Waals surface area contributed by atoms with Gasteiger partial charge in [-0.2, -0.15) is 0 Å². The van der Waals surface area contributed by atoms with E-state index in [1.54, 1.807) is 12.1 Å². The highest BCUT2D eigenvalue weighted by Gasteiger charge is 2.00. The number of phenolic OH excluding ortho intramolecular Hbond substituents is 1. The van der Waals surface area contributed by atoms with Crippen LogP contribution in [0.5, 0.6) is 11.5 Å². The first kappa shape index (κ1) is 10.9. The summed E-state index contributed by atoms with van der Waals surface area (Å²) in [6.07, 6.45) is 0. The van der Waals surface area contributed by atoms with Gasteiger partial charge < -0.3 is 14.6 Å². The molecule has 0 aliphatic rings. The molecule has 15 heavy (non-hydrogen) atoms. The van der Waals surface area contributed by atoms with E-state index in [2.05, 4.69) is 16.6 Å². The fraction of sp³-hybridized carbons (Fsp3) is 0.182. The molecule has 0 heterocycles. The summed E-state index contributed by atoms with van der Waals surface area (Å²) in [5.74, 6) is 4.54. The van der Waals surface area contributed by atoms with Crippen molar-refractivity contribution in [3.63, 3.8) is 0 Å². The Morgan fingerprint density at radius 2 is 2.13 bits per heavy atom. The van der Waals surface area contributed by atoms with E-state index in [1.165, 1.54) is 20.3 Å². The lowest BCUT2D eigenvalue weighted by Crippen LogP contribution is -1.94. The Kier molecular flexibility index (Phi) is 3.58. The summed E-state index contributed by atoms with van der Waals surface area (Å²) in [7, 11) is 2.74. The maximum Gasteiger partial charge on any atom is 0.384 e. The van der Waals surface area contributed by atoms with Crippen molar-refractivity contribution >= 4 is 5.97 Å². The number of carbonyl (C=O) groups is 1. The minimum atomic E-state index is -0.648. The topological polar surface area (TPSA) is 55.8 Å². The standard InChI is InChI=1S/C11H10O4/c1-14-9-5-3-8(10(12)7-9)4-6-11(13)15-2/h3,5,7,12H,1-2H3. The second-order valence-corrected chi connectivity index (χ2v) is 2.62. The van der Waals surface area contributed by atoms with Crippen molar-refractivity contribution < 1.29 is 19.4 Å². The monoisotopic (exact) mass is 206 g/mol. The van der Waals surface area contributed by atoms with Gasteiger partial charge in [-0.25, -0.2) is 4.79 Å². The van der Waals surface area contributed by atoms with Gasteiger partial charge in [0.1, 0.15) is 11.5 Å². The Morgan fingerprint density at radius 3 is 2.67 bits per heavy atom. The van der Waals surface area contributed by atoms with Crippen LogP contribution in [0.3, 0.4) is 0 Å². The Bertz CT molecular complexity index is 426. The van der Waals surface area contributed by atoms with Crippen molar-refractivity contribution in [3.8, 4) is 23.3 Å². The molecule has 0 aliphatic heterocycles. The van der Waals surface area contributed by atoms with Crippen LogP contribution in [0.25, 0.3) is 0 Å². The number of benzene rings is 1. The fourth-order valence-electron chi connectivity index (χ4n) is 0.914. The van der Waals surface area contributed by atoms with Crippen LogP contribution in [-0.4, -0.2) is 25.3 Å². The van der Waals surface area contributed by atoms with E-state index in [0.717, 1.165) is 0 Å². The predicted octanol–water partition coefficient (Wildman–Crippen LogP) is 0.925. The number of hydrogen-bond acceptors (Lipinski definition) is 4. The van der Waals surface area contributed by atoms with E-state index in [1.807, 2.05) is 0 Å². The quantitative estimate of drug-likeness (QED) is 0.548. The third-order valence-electron chi connectivity index (χ3n) is 1.69. The first-order valence-electron chi connectivity index (χ1n) is 4.14. The molecule has 0 saturated carbocycles. The average molecular weight is 206 g/mol. The van der Waals surface area contributed by atoms with Gasteiger partial charge in [0.15, 0.2) is 0 Å². The minimum Gasteiger partial charge on any atom is -0.507 e. The number of aromatic hydroxyl groups is 1. The molecule has 0 aliphatic carbocycles.